The summed E-state index contributed by atoms with van der Waals surface area (Å²) in [5.74, 6) is -3.29. The van der Waals surface area contributed by atoms with E-state index in [-0.39, 0.29) is 11.7 Å². The number of alkyl halides is 2. The first-order valence-electron chi connectivity index (χ1n) is 7.49. The lowest BCUT2D eigenvalue weighted by atomic mass is 10.3. The van der Waals surface area contributed by atoms with E-state index < -0.39 is 24.9 Å². The molecular weight excluding hydrogens is 340 g/mol. The number of para-hydroxylation sites is 1. The Labute approximate surface area is 142 Å². The molecule has 3 N–H and O–H groups in total. The summed E-state index contributed by atoms with van der Waals surface area (Å²) in [5, 5.41) is 6.74. The molecule has 0 spiro atoms. The van der Waals surface area contributed by atoms with Gasteiger partial charge in [0.2, 0.25) is 5.82 Å². The van der Waals surface area contributed by atoms with Crippen LogP contribution in [-0.4, -0.2) is 39.7 Å². The third-order valence-corrected chi connectivity index (χ3v) is 3.98. The summed E-state index contributed by atoms with van der Waals surface area (Å²) in [4.78, 5) is 16.3. The summed E-state index contributed by atoms with van der Waals surface area (Å²) in [6.45, 7) is -1.70. The van der Waals surface area contributed by atoms with Gasteiger partial charge in [-0.2, -0.15) is 0 Å². The zero-order valence-electron chi connectivity index (χ0n) is 12.7. The van der Waals surface area contributed by atoms with E-state index in [9.17, 15) is 13.6 Å². The third kappa shape index (κ3) is 3.54. The van der Waals surface area contributed by atoms with Gasteiger partial charge in [-0.25, -0.2) is 18.4 Å². The molecule has 9 heteroatoms. The lowest BCUT2D eigenvalue weighted by Crippen LogP contribution is -2.41. The molecule has 1 aliphatic rings. The number of carbonyl (C=O) groups is 1. The second kappa shape index (κ2) is 6.45. The van der Waals surface area contributed by atoms with Gasteiger partial charge in [-0.1, -0.05) is 23.7 Å². The summed E-state index contributed by atoms with van der Waals surface area (Å²) >= 11 is 6.18. The van der Waals surface area contributed by atoms with E-state index >= 15 is 0 Å². The molecule has 0 aliphatic heterocycles. The molecule has 0 radical (unpaired) electrons. The molecule has 1 heterocycles. The Morgan fingerprint density at radius 2 is 2.12 bits per heavy atom. The molecule has 1 aromatic heterocycles. The molecule has 128 valence electrons. The van der Waals surface area contributed by atoms with Gasteiger partial charge in [0.05, 0.1) is 23.8 Å². The standard InChI is InChI=1S/C15H16ClF2N5O/c16-10-3-1-2-4-11(10)23-13(9-5-6-9)21-12(22-23)14(24)20-8-15(17,18)7-19/h1-4,9H,5-8,19H2,(H,20,24). The van der Waals surface area contributed by atoms with Crippen molar-refractivity contribution >= 4 is 17.5 Å². The van der Waals surface area contributed by atoms with Gasteiger partial charge in [-0.15, -0.1) is 5.10 Å². The molecule has 1 fully saturated rings. The fraction of sp³-hybridized carbons (Fsp3) is 0.400. The van der Waals surface area contributed by atoms with Gasteiger partial charge in [0.25, 0.3) is 11.8 Å². The van der Waals surface area contributed by atoms with Crippen LogP contribution in [0.5, 0.6) is 0 Å². The second-order valence-corrected chi connectivity index (χ2v) is 6.08. The maximum absolute atomic E-state index is 13.2. The summed E-state index contributed by atoms with van der Waals surface area (Å²) in [6.07, 6.45) is 1.88. The maximum Gasteiger partial charge on any atom is 0.291 e. The van der Waals surface area contributed by atoms with E-state index in [0.29, 0.717) is 16.5 Å². The monoisotopic (exact) mass is 355 g/mol. The fourth-order valence-corrected chi connectivity index (χ4v) is 2.40. The third-order valence-electron chi connectivity index (χ3n) is 3.66. The quantitative estimate of drug-likeness (QED) is 0.831. The van der Waals surface area contributed by atoms with E-state index in [1.54, 1.807) is 24.3 Å². The van der Waals surface area contributed by atoms with Crippen molar-refractivity contribution in [1.29, 1.82) is 0 Å². The molecule has 3 rings (SSSR count). The molecule has 2 aromatic rings. The van der Waals surface area contributed by atoms with E-state index in [1.165, 1.54) is 4.68 Å². The molecule has 0 saturated heterocycles. The number of hydrogen-bond donors (Lipinski definition) is 2. The SMILES string of the molecule is NCC(F)(F)CNC(=O)c1nc(C2CC2)n(-c2ccccc2Cl)n1. The molecule has 1 amide bonds. The number of nitrogens with one attached hydrogen (secondary N) is 1. The average Bonchev–Trinajstić information content (AvgIpc) is 3.32. The van der Waals surface area contributed by atoms with Crippen LogP contribution in [0.3, 0.4) is 0 Å². The highest BCUT2D eigenvalue weighted by Crippen LogP contribution is 2.40. The van der Waals surface area contributed by atoms with E-state index in [1.807, 2.05) is 0 Å². The molecule has 0 bridgehead atoms. The Balaban J connectivity index is 1.87. The zero-order valence-corrected chi connectivity index (χ0v) is 13.4. The van der Waals surface area contributed by atoms with Gasteiger partial charge in [0, 0.05) is 5.92 Å². The van der Waals surface area contributed by atoms with Gasteiger partial charge >= 0.3 is 0 Å². The molecular formula is C15H16ClF2N5O. The number of nitrogens with two attached hydrogens (primary N) is 1. The van der Waals surface area contributed by atoms with Crippen LogP contribution in [-0.2, 0) is 0 Å². The predicted octanol–water partition coefficient (Wildman–Crippen LogP) is 2.12. The van der Waals surface area contributed by atoms with E-state index in [4.69, 9.17) is 17.3 Å². The number of benzene rings is 1. The van der Waals surface area contributed by atoms with Crippen molar-refractivity contribution < 1.29 is 13.6 Å². The smallest absolute Gasteiger partial charge is 0.291 e. The Morgan fingerprint density at radius 3 is 2.75 bits per heavy atom. The number of amides is 1. The first-order valence-corrected chi connectivity index (χ1v) is 7.87. The molecule has 0 atom stereocenters. The van der Waals surface area contributed by atoms with Gasteiger partial charge in [-0.3, -0.25) is 4.79 Å². The van der Waals surface area contributed by atoms with Crippen molar-refractivity contribution in [1.82, 2.24) is 20.1 Å². The molecule has 6 nitrogen and oxygen atoms in total. The topological polar surface area (TPSA) is 85.8 Å². The number of nitrogens with zero attached hydrogens (tertiary/aromatic N) is 3. The minimum atomic E-state index is -3.17. The molecule has 0 unspecified atom stereocenters. The fourth-order valence-electron chi connectivity index (χ4n) is 2.19. The Morgan fingerprint density at radius 1 is 1.42 bits per heavy atom. The lowest BCUT2D eigenvalue weighted by molar-refractivity contribution is 0.0117. The Bertz CT molecular complexity index is 760. The van der Waals surface area contributed by atoms with Crippen LogP contribution in [0.2, 0.25) is 5.02 Å². The summed E-state index contributed by atoms with van der Waals surface area (Å²) < 4.78 is 27.8. The number of carbonyl (C=O) groups excluding carboxylic acids is 1. The van der Waals surface area contributed by atoms with Crippen LogP contribution in [0.1, 0.15) is 35.2 Å². The second-order valence-electron chi connectivity index (χ2n) is 5.67. The predicted molar refractivity (Wildman–Crippen MR) is 84.7 cm³/mol. The van der Waals surface area contributed by atoms with Crippen molar-refractivity contribution in [3.05, 3.63) is 40.9 Å². The number of rotatable bonds is 6. The number of hydrogen-bond acceptors (Lipinski definition) is 4. The Kier molecular flexibility index (Phi) is 4.51. The molecule has 1 saturated carbocycles. The van der Waals surface area contributed by atoms with Crippen molar-refractivity contribution in [2.24, 2.45) is 5.73 Å². The summed E-state index contributed by atoms with van der Waals surface area (Å²) in [7, 11) is 0. The molecule has 1 aliphatic carbocycles. The number of halogens is 3. The van der Waals surface area contributed by atoms with Gasteiger partial charge in [0.1, 0.15) is 5.82 Å². The summed E-state index contributed by atoms with van der Waals surface area (Å²) in [6, 6.07) is 7.03. The van der Waals surface area contributed by atoms with Crippen LogP contribution in [0, 0.1) is 0 Å². The van der Waals surface area contributed by atoms with Crippen LogP contribution >= 0.6 is 11.6 Å². The largest absolute Gasteiger partial charge is 0.343 e. The zero-order chi connectivity index (χ0) is 17.3. The first-order chi connectivity index (χ1) is 11.4. The van der Waals surface area contributed by atoms with Gasteiger partial charge < -0.3 is 11.1 Å². The van der Waals surface area contributed by atoms with Crippen molar-refractivity contribution in [2.75, 3.05) is 13.1 Å². The molecule has 24 heavy (non-hydrogen) atoms. The van der Waals surface area contributed by atoms with Crippen LogP contribution in [0.4, 0.5) is 8.78 Å². The average molecular weight is 356 g/mol. The Hall–Kier alpha value is -2.06. The lowest BCUT2D eigenvalue weighted by Gasteiger charge is -2.13. The van der Waals surface area contributed by atoms with Crippen molar-refractivity contribution in [3.63, 3.8) is 0 Å². The van der Waals surface area contributed by atoms with Crippen LogP contribution < -0.4 is 11.1 Å². The van der Waals surface area contributed by atoms with Gasteiger partial charge in [-0.05, 0) is 25.0 Å². The van der Waals surface area contributed by atoms with Crippen LogP contribution in [0.15, 0.2) is 24.3 Å². The van der Waals surface area contributed by atoms with E-state index in [0.717, 1.165) is 12.8 Å². The minimum absolute atomic E-state index is 0.162. The van der Waals surface area contributed by atoms with E-state index in [2.05, 4.69) is 15.4 Å². The number of aromatic nitrogens is 3. The maximum atomic E-state index is 13.2. The van der Waals surface area contributed by atoms with Crippen molar-refractivity contribution in [3.8, 4) is 5.69 Å². The normalized spacial score (nSPS) is 14.7. The highest BCUT2D eigenvalue weighted by Gasteiger charge is 2.33. The molecule has 1 aromatic carbocycles. The summed E-state index contributed by atoms with van der Waals surface area (Å²) in [5.41, 5.74) is 5.55. The van der Waals surface area contributed by atoms with Crippen LogP contribution in [0.25, 0.3) is 5.69 Å². The van der Waals surface area contributed by atoms with Crippen molar-refractivity contribution in [2.45, 2.75) is 24.7 Å². The first kappa shape index (κ1) is 16.8. The van der Waals surface area contributed by atoms with Gasteiger partial charge in [0.15, 0.2) is 0 Å². The highest BCUT2D eigenvalue weighted by molar-refractivity contribution is 6.32. The minimum Gasteiger partial charge on any atom is -0.343 e. The highest BCUT2D eigenvalue weighted by atomic mass is 35.5.